The van der Waals surface area contributed by atoms with Crippen molar-refractivity contribution in [2.45, 2.75) is 17.0 Å². The van der Waals surface area contributed by atoms with Gasteiger partial charge >= 0.3 is 6.18 Å². The highest BCUT2D eigenvalue weighted by Gasteiger charge is 2.35. The molecular weight excluding hydrogens is 383 g/mol. The van der Waals surface area contributed by atoms with Crippen LogP contribution in [0, 0.1) is 0 Å². The standard InChI is InChI=1S/C17H10F3N3OS2/c18-17(19,20)16-22-12-5-2-1-4-11(12)15(23-16)26-9-10-8-24-14(21-10)13-6-3-7-25-13/h1-8H,9H2. The number of fused-ring (bicyclic) bond motifs is 1. The van der Waals surface area contributed by atoms with Gasteiger partial charge in [0, 0.05) is 11.1 Å². The summed E-state index contributed by atoms with van der Waals surface area (Å²) in [6.45, 7) is 0. The number of benzene rings is 1. The van der Waals surface area contributed by atoms with Crippen LogP contribution in [0.5, 0.6) is 0 Å². The number of nitrogens with zero attached hydrogens (tertiary/aromatic N) is 3. The van der Waals surface area contributed by atoms with Gasteiger partial charge in [0.2, 0.25) is 11.7 Å². The molecule has 3 heterocycles. The molecular formula is C17H10F3N3OS2. The summed E-state index contributed by atoms with van der Waals surface area (Å²) >= 11 is 2.68. The van der Waals surface area contributed by atoms with Crippen molar-refractivity contribution in [1.29, 1.82) is 0 Å². The van der Waals surface area contributed by atoms with Crippen LogP contribution >= 0.6 is 23.1 Å². The fourth-order valence-electron chi connectivity index (χ4n) is 2.31. The molecule has 0 aliphatic heterocycles. The van der Waals surface area contributed by atoms with E-state index in [1.807, 2.05) is 17.5 Å². The number of para-hydroxylation sites is 1. The third-order valence-corrected chi connectivity index (χ3v) is 5.34. The van der Waals surface area contributed by atoms with Crippen molar-refractivity contribution in [3.05, 3.63) is 59.6 Å². The van der Waals surface area contributed by atoms with Gasteiger partial charge in [-0.3, -0.25) is 0 Å². The third kappa shape index (κ3) is 3.45. The number of rotatable bonds is 4. The van der Waals surface area contributed by atoms with Gasteiger partial charge in [-0.05, 0) is 17.5 Å². The lowest BCUT2D eigenvalue weighted by molar-refractivity contribution is -0.145. The van der Waals surface area contributed by atoms with Crippen LogP contribution < -0.4 is 0 Å². The molecule has 0 spiro atoms. The number of thiophene rings is 1. The molecule has 0 unspecified atom stereocenters. The van der Waals surface area contributed by atoms with Crippen molar-refractivity contribution in [2.24, 2.45) is 0 Å². The van der Waals surface area contributed by atoms with E-state index in [1.165, 1.54) is 29.4 Å². The van der Waals surface area contributed by atoms with Gasteiger partial charge in [-0.15, -0.1) is 11.3 Å². The molecule has 0 aliphatic rings. The first-order chi connectivity index (χ1) is 12.5. The van der Waals surface area contributed by atoms with Gasteiger partial charge in [-0.1, -0.05) is 36.0 Å². The number of oxazole rings is 1. The Kier molecular flexibility index (Phi) is 4.41. The normalized spacial score (nSPS) is 12.0. The molecule has 0 saturated carbocycles. The van der Waals surface area contributed by atoms with Gasteiger partial charge < -0.3 is 4.42 Å². The summed E-state index contributed by atoms with van der Waals surface area (Å²) in [7, 11) is 0. The lowest BCUT2D eigenvalue weighted by atomic mass is 10.2. The number of thioether (sulfide) groups is 1. The number of alkyl halides is 3. The Morgan fingerprint density at radius 1 is 1.04 bits per heavy atom. The summed E-state index contributed by atoms with van der Waals surface area (Å²) in [4.78, 5) is 12.6. The van der Waals surface area contributed by atoms with Gasteiger partial charge in [-0.25, -0.2) is 15.0 Å². The number of hydrogen-bond acceptors (Lipinski definition) is 6. The first-order valence-electron chi connectivity index (χ1n) is 7.46. The second-order valence-corrected chi connectivity index (χ2v) is 7.19. The second kappa shape index (κ2) is 6.73. The number of hydrogen-bond donors (Lipinski definition) is 0. The Morgan fingerprint density at radius 3 is 2.65 bits per heavy atom. The summed E-state index contributed by atoms with van der Waals surface area (Å²) in [5.41, 5.74) is 0.895. The molecule has 0 saturated heterocycles. The highest BCUT2D eigenvalue weighted by molar-refractivity contribution is 7.98. The minimum Gasteiger partial charge on any atom is -0.444 e. The highest BCUT2D eigenvalue weighted by Crippen LogP contribution is 2.33. The third-order valence-electron chi connectivity index (χ3n) is 3.46. The fraction of sp³-hybridized carbons (Fsp3) is 0.118. The molecule has 0 N–H and O–H groups in total. The van der Waals surface area contributed by atoms with Crippen LogP contribution in [-0.2, 0) is 11.9 Å². The smallest absolute Gasteiger partial charge is 0.444 e. The second-order valence-electron chi connectivity index (χ2n) is 5.28. The minimum absolute atomic E-state index is 0.261. The summed E-state index contributed by atoms with van der Waals surface area (Å²) in [5, 5.41) is 2.76. The lowest BCUT2D eigenvalue weighted by Gasteiger charge is -2.09. The molecule has 0 aliphatic carbocycles. The van der Waals surface area contributed by atoms with Gasteiger partial charge in [0.05, 0.1) is 16.1 Å². The van der Waals surface area contributed by atoms with E-state index < -0.39 is 12.0 Å². The molecule has 0 fully saturated rings. The molecule has 1 aromatic carbocycles. The van der Waals surface area contributed by atoms with Crippen molar-refractivity contribution in [2.75, 3.05) is 0 Å². The van der Waals surface area contributed by atoms with Crippen molar-refractivity contribution < 1.29 is 17.6 Å². The Morgan fingerprint density at radius 2 is 1.88 bits per heavy atom. The van der Waals surface area contributed by atoms with E-state index in [0.29, 0.717) is 22.7 Å². The molecule has 26 heavy (non-hydrogen) atoms. The molecule has 4 rings (SSSR count). The first-order valence-corrected chi connectivity index (χ1v) is 9.32. The predicted octanol–water partition coefficient (Wildman–Crippen LogP) is 5.66. The average Bonchev–Trinajstić information content (AvgIpc) is 3.30. The summed E-state index contributed by atoms with van der Waals surface area (Å²) in [6, 6.07) is 10.4. The van der Waals surface area contributed by atoms with Crippen LogP contribution in [0.2, 0.25) is 0 Å². The zero-order valence-corrected chi connectivity index (χ0v) is 14.7. The van der Waals surface area contributed by atoms with E-state index >= 15 is 0 Å². The van der Waals surface area contributed by atoms with E-state index in [-0.39, 0.29) is 10.5 Å². The topological polar surface area (TPSA) is 51.8 Å². The largest absolute Gasteiger partial charge is 0.451 e. The SMILES string of the molecule is FC(F)(F)c1nc(SCc2coc(-c3cccs3)n2)c2ccccc2n1. The molecule has 0 radical (unpaired) electrons. The van der Waals surface area contributed by atoms with Crippen molar-refractivity contribution in [3.63, 3.8) is 0 Å². The van der Waals surface area contributed by atoms with E-state index in [9.17, 15) is 13.2 Å². The average molecular weight is 393 g/mol. The Balaban J connectivity index is 1.62. The lowest BCUT2D eigenvalue weighted by Crippen LogP contribution is -2.11. The van der Waals surface area contributed by atoms with E-state index in [0.717, 1.165) is 4.88 Å². The van der Waals surface area contributed by atoms with Crippen LogP contribution in [0.3, 0.4) is 0 Å². The maximum Gasteiger partial charge on any atom is 0.451 e. The molecule has 3 aromatic heterocycles. The number of aromatic nitrogens is 3. The van der Waals surface area contributed by atoms with Gasteiger partial charge in [-0.2, -0.15) is 13.2 Å². The van der Waals surface area contributed by atoms with Crippen LogP contribution in [0.25, 0.3) is 21.7 Å². The quantitative estimate of drug-likeness (QED) is 0.331. The van der Waals surface area contributed by atoms with Crippen LogP contribution in [0.4, 0.5) is 13.2 Å². The molecule has 4 aromatic rings. The van der Waals surface area contributed by atoms with Crippen molar-refractivity contribution in [1.82, 2.24) is 15.0 Å². The van der Waals surface area contributed by atoms with Gasteiger partial charge in [0.1, 0.15) is 11.3 Å². The van der Waals surface area contributed by atoms with E-state index in [1.54, 1.807) is 24.3 Å². The molecule has 0 amide bonds. The maximum atomic E-state index is 13.1. The predicted molar refractivity (Wildman–Crippen MR) is 93.9 cm³/mol. The highest BCUT2D eigenvalue weighted by atomic mass is 32.2. The van der Waals surface area contributed by atoms with E-state index in [2.05, 4.69) is 15.0 Å². The first kappa shape index (κ1) is 17.0. The zero-order valence-electron chi connectivity index (χ0n) is 13.0. The Bertz CT molecular complexity index is 1050. The van der Waals surface area contributed by atoms with Crippen LogP contribution in [-0.4, -0.2) is 15.0 Å². The van der Waals surface area contributed by atoms with Crippen LogP contribution in [0.15, 0.2) is 57.5 Å². The Labute approximate surface area is 154 Å². The molecule has 9 heteroatoms. The Hall–Kier alpha value is -2.39. The monoisotopic (exact) mass is 393 g/mol. The summed E-state index contributed by atoms with van der Waals surface area (Å²) in [5.74, 6) is -0.301. The van der Waals surface area contributed by atoms with E-state index in [4.69, 9.17) is 4.42 Å². The summed E-state index contributed by atoms with van der Waals surface area (Å²) in [6.07, 6.45) is -3.09. The minimum atomic E-state index is -4.60. The zero-order chi connectivity index (χ0) is 18.1. The summed E-state index contributed by atoms with van der Waals surface area (Å²) < 4.78 is 44.6. The molecule has 0 bridgehead atoms. The maximum absolute atomic E-state index is 13.1. The molecule has 4 nitrogen and oxygen atoms in total. The van der Waals surface area contributed by atoms with Crippen molar-refractivity contribution in [3.8, 4) is 10.8 Å². The van der Waals surface area contributed by atoms with Gasteiger partial charge in [0.15, 0.2) is 0 Å². The van der Waals surface area contributed by atoms with Crippen molar-refractivity contribution >= 4 is 34.0 Å². The fourth-order valence-corrected chi connectivity index (χ4v) is 3.87. The van der Waals surface area contributed by atoms with Crippen LogP contribution in [0.1, 0.15) is 11.5 Å². The molecule has 132 valence electrons. The van der Waals surface area contributed by atoms with Gasteiger partial charge in [0.25, 0.3) is 0 Å². The number of halogens is 3. The molecule has 0 atom stereocenters.